The summed E-state index contributed by atoms with van der Waals surface area (Å²) in [6.07, 6.45) is 1.53. The van der Waals surface area contributed by atoms with E-state index in [1.807, 2.05) is 24.3 Å². The molecule has 1 aliphatic carbocycles. The van der Waals surface area contributed by atoms with Crippen LogP contribution < -0.4 is 0 Å². The van der Waals surface area contributed by atoms with Crippen molar-refractivity contribution in [1.29, 1.82) is 0 Å². The summed E-state index contributed by atoms with van der Waals surface area (Å²) in [4.78, 5) is 31.9. The molecule has 0 spiro atoms. The molecule has 0 aliphatic heterocycles. The first-order chi connectivity index (χ1) is 9.27. The van der Waals surface area contributed by atoms with Gasteiger partial charge in [0.2, 0.25) is 5.78 Å². The van der Waals surface area contributed by atoms with Crippen molar-refractivity contribution in [3.8, 4) is 0 Å². The van der Waals surface area contributed by atoms with E-state index in [0.29, 0.717) is 16.8 Å². The number of fused-ring (bicyclic) bond motifs is 4. The number of H-pyrrole nitrogens is 1. The Morgan fingerprint density at radius 1 is 0.947 bits per heavy atom. The first-order valence-corrected chi connectivity index (χ1v) is 5.92. The molecule has 0 atom stereocenters. The van der Waals surface area contributed by atoms with E-state index in [0.717, 1.165) is 10.9 Å². The fraction of sp³-hybridized carbons (Fsp3) is 0. The normalized spacial score (nSPS) is 13.5. The largest absolute Gasteiger partial charge is 0.351 e. The van der Waals surface area contributed by atoms with Gasteiger partial charge in [-0.1, -0.05) is 18.2 Å². The first kappa shape index (κ1) is 10.2. The Bertz CT molecular complexity index is 861. The van der Waals surface area contributed by atoms with Gasteiger partial charge in [0.05, 0.1) is 11.1 Å². The molecule has 1 aromatic carbocycles. The van der Waals surface area contributed by atoms with Crippen molar-refractivity contribution in [3.05, 3.63) is 65.1 Å². The van der Waals surface area contributed by atoms with E-state index in [9.17, 15) is 9.59 Å². The van der Waals surface area contributed by atoms with Crippen molar-refractivity contribution in [2.75, 3.05) is 0 Å². The molecule has 3 aromatic rings. The molecule has 90 valence electrons. The number of aromatic amines is 1. The number of pyridine rings is 1. The fourth-order valence-corrected chi connectivity index (χ4v) is 2.57. The van der Waals surface area contributed by atoms with Gasteiger partial charge in [-0.3, -0.25) is 14.6 Å². The zero-order chi connectivity index (χ0) is 13.0. The van der Waals surface area contributed by atoms with Gasteiger partial charge in [0.15, 0.2) is 5.78 Å². The molecule has 0 saturated carbocycles. The second-order valence-electron chi connectivity index (χ2n) is 4.48. The highest BCUT2D eigenvalue weighted by molar-refractivity contribution is 6.31. The van der Waals surface area contributed by atoms with E-state index in [2.05, 4.69) is 9.97 Å². The molecule has 0 amide bonds. The number of rotatable bonds is 0. The summed E-state index contributed by atoms with van der Waals surface area (Å²) in [6, 6.07) is 10.7. The van der Waals surface area contributed by atoms with Gasteiger partial charge in [-0.15, -0.1) is 0 Å². The Morgan fingerprint density at radius 3 is 2.68 bits per heavy atom. The van der Waals surface area contributed by atoms with Crippen molar-refractivity contribution < 1.29 is 9.59 Å². The van der Waals surface area contributed by atoms with Crippen LogP contribution in [0.4, 0.5) is 0 Å². The Morgan fingerprint density at radius 2 is 1.79 bits per heavy atom. The summed E-state index contributed by atoms with van der Waals surface area (Å²) in [7, 11) is 0. The number of para-hydroxylation sites is 1. The van der Waals surface area contributed by atoms with Crippen molar-refractivity contribution in [2.45, 2.75) is 0 Å². The lowest BCUT2D eigenvalue weighted by Crippen LogP contribution is -2.21. The molecule has 2 heterocycles. The molecule has 4 rings (SSSR count). The third-order valence-corrected chi connectivity index (χ3v) is 3.43. The van der Waals surface area contributed by atoms with Crippen molar-refractivity contribution in [1.82, 2.24) is 9.97 Å². The van der Waals surface area contributed by atoms with Crippen LogP contribution in [-0.4, -0.2) is 21.5 Å². The van der Waals surface area contributed by atoms with Crippen LogP contribution in [0.3, 0.4) is 0 Å². The van der Waals surface area contributed by atoms with Crippen LogP contribution in [0, 0.1) is 0 Å². The molecule has 19 heavy (non-hydrogen) atoms. The average molecular weight is 248 g/mol. The minimum atomic E-state index is -0.221. The van der Waals surface area contributed by atoms with Crippen molar-refractivity contribution in [2.24, 2.45) is 0 Å². The summed E-state index contributed by atoms with van der Waals surface area (Å²) in [5.41, 5.74) is 2.21. The maximum absolute atomic E-state index is 12.5. The first-order valence-electron chi connectivity index (χ1n) is 5.92. The number of hydrogen-bond acceptors (Lipinski definition) is 3. The summed E-state index contributed by atoms with van der Waals surface area (Å²) in [5.74, 6) is -0.364. The number of carbonyl (C=O) groups excluding carboxylic acids is 2. The molecular weight excluding hydrogens is 240 g/mol. The lowest BCUT2D eigenvalue weighted by atomic mass is 9.90. The monoisotopic (exact) mass is 248 g/mol. The Balaban J connectivity index is 2.14. The zero-order valence-electron chi connectivity index (χ0n) is 9.81. The number of aromatic nitrogens is 2. The van der Waals surface area contributed by atoms with Crippen LogP contribution in [-0.2, 0) is 0 Å². The topological polar surface area (TPSA) is 62.8 Å². The molecule has 1 aliphatic rings. The number of benzene rings is 1. The molecule has 0 radical (unpaired) electrons. The van der Waals surface area contributed by atoms with Gasteiger partial charge in [0.1, 0.15) is 11.4 Å². The van der Waals surface area contributed by atoms with E-state index in [4.69, 9.17) is 0 Å². The van der Waals surface area contributed by atoms with Gasteiger partial charge in [-0.05, 0) is 18.2 Å². The zero-order valence-corrected chi connectivity index (χ0v) is 9.81. The number of hydrogen-bond donors (Lipinski definition) is 1. The highest BCUT2D eigenvalue weighted by atomic mass is 16.1. The molecule has 0 bridgehead atoms. The van der Waals surface area contributed by atoms with E-state index in [1.54, 1.807) is 12.1 Å². The number of nitrogens with zero attached hydrogens (tertiary/aromatic N) is 1. The van der Waals surface area contributed by atoms with E-state index >= 15 is 0 Å². The van der Waals surface area contributed by atoms with Crippen LogP contribution in [0.1, 0.15) is 32.1 Å². The minimum Gasteiger partial charge on any atom is -0.351 e. The number of carbonyl (C=O) groups is 2. The Hall–Kier alpha value is -2.75. The van der Waals surface area contributed by atoms with E-state index < -0.39 is 0 Å². The molecule has 0 unspecified atom stereocenters. The van der Waals surface area contributed by atoms with E-state index in [-0.39, 0.29) is 17.3 Å². The van der Waals surface area contributed by atoms with Gasteiger partial charge in [-0.25, -0.2) is 0 Å². The minimum absolute atomic E-state index is 0.143. The Labute approximate surface area is 108 Å². The maximum Gasteiger partial charge on any atom is 0.229 e. The lowest BCUT2D eigenvalue weighted by molar-refractivity contribution is 0.0974. The van der Waals surface area contributed by atoms with Crippen LogP contribution in [0.25, 0.3) is 10.9 Å². The third-order valence-electron chi connectivity index (χ3n) is 3.43. The molecule has 2 aromatic heterocycles. The van der Waals surface area contributed by atoms with Crippen LogP contribution in [0.5, 0.6) is 0 Å². The highest BCUT2D eigenvalue weighted by Gasteiger charge is 2.33. The van der Waals surface area contributed by atoms with Gasteiger partial charge < -0.3 is 4.98 Å². The summed E-state index contributed by atoms with van der Waals surface area (Å²) in [5, 5.41) is 0.783. The number of nitrogens with one attached hydrogen (secondary N) is 1. The van der Waals surface area contributed by atoms with Crippen LogP contribution in [0.2, 0.25) is 0 Å². The van der Waals surface area contributed by atoms with Gasteiger partial charge in [0, 0.05) is 17.1 Å². The third kappa shape index (κ3) is 1.20. The van der Waals surface area contributed by atoms with Crippen LogP contribution >= 0.6 is 0 Å². The van der Waals surface area contributed by atoms with Crippen molar-refractivity contribution in [3.63, 3.8) is 0 Å². The molecule has 4 nitrogen and oxygen atoms in total. The highest BCUT2D eigenvalue weighted by Crippen LogP contribution is 2.31. The van der Waals surface area contributed by atoms with Crippen molar-refractivity contribution >= 4 is 22.5 Å². The van der Waals surface area contributed by atoms with Gasteiger partial charge >= 0.3 is 0 Å². The standard InChI is InChI=1S/C15H8N2O2/c18-14-9-5-3-7-16-12(9)15(19)13-11(14)8-4-1-2-6-10(8)17-13/h1-7,17H. The fourth-order valence-electron chi connectivity index (χ4n) is 2.57. The second-order valence-corrected chi connectivity index (χ2v) is 4.48. The summed E-state index contributed by atoms with van der Waals surface area (Å²) < 4.78 is 0. The molecule has 0 fully saturated rings. The molecule has 1 N–H and O–H groups in total. The maximum atomic E-state index is 12.5. The smallest absolute Gasteiger partial charge is 0.229 e. The second kappa shape index (κ2) is 3.38. The molecule has 4 heteroatoms. The molecular formula is C15H8N2O2. The quantitative estimate of drug-likeness (QED) is 0.519. The SMILES string of the molecule is O=C1c2ncccc2C(=O)c2c1[nH]c1ccccc21. The van der Waals surface area contributed by atoms with Gasteiger partial charge in [-0.2, -0.15) is 0 Å². The average Bonchev–Trinajstić information content (AvgIpc) is 2.84. The number of ketones is 2. The summed E-state index contributed by atoms with van der Waals surface area (Å²) in [6.45, 7) is 0. The predicted octanol–water partition coefficient (Wildman–Crippen LogP) is 2.34. The van der Waals surface area contributed by atoms with Crippen LogP contribution in [0.15, 0.2) is 42.6 Å². The van der Waals surface area contributed by atoms with E-state index in [1.165, 1.54) is 6.20 Å². The summed E-state index contributed by atoms with van der Waals surface area (Å²) >= 11 is 0. The predicted molar refractivity (Wildman–Crippen MR) is 69.4 cm³/mol. The molecule has 0 saturated heterocycles. The Kier molecular flexibility index (Phi) is 1.82. The van der Waals surface area contributed by atoms with Gasteiger partial charge in [0.25, 0.3) is 0 Å². The lowest BCUT2D eigenvalue weighted by Gasteiger charge is -2.12.